The molecule has 0 amide bonds. The van der Waals surface area contributed by atoms with Crippen molar-refractivity contribution in [1.29, 1.82) is 0 Å². The number of nitrogens with two attached hydrogens (primary N) is 1. The van der Waals surface area contributed by atoms with Crippen LogP contribution in [0.5, 0.6) is 0 Å². The minimum Gasteiger partial charge on any atom is -0.306 e. The van der Waals surface area contributed by atoms with Crippen molar-refractivity contribution in [3.8, 4) is 0 Å². The molecule has 0 aromatic heterocycles. The average molecular weight is 384 g/mol. The molecule has 22 heavy (non-hydrogen) atoms. The molecule has 0 bridgehead atoms. The minimum atomic E-state index is -4.80. The molecule has 2 aliphatic rings. The van der Waals surface area contributed by atoms with Crippen molar-refractivity contribution in [2.75, 3.05) is 0 Å². The van der Waals surface area contributed by atoms with Gasteiger partial charge < -0.3 is 5.73 Å². The smallest absolute Gasteiger partial charge is 0.288 e. The first-order valence-electron chi connectivity index (χ1n) is 6.23. The molecule has 1 aromatic rings. The first-order chi connectivity index (χ1) is 10.2. The molecule has 6 nitrogen and oxygen atoms in total. The quantitative estimate of drug-likeness (QED) is 0.711. The van der Waals surface area contributed by atoms with Crippen molar-refractivity contribution in [1.82, 2.24) is 0 Å². The van der Waals surface area contributed by atoms with Gasteiger partial charge in [-0.1, -0.05) is 46.3 Å². The number of halogens is 1. The van der Waals surface area contributed by atoms with E-state index in [1.807, 2.05) is 0 Å². The lowest BCUT2D eigenvalue weighted by molar-refractivity contribution is 0.0968. The van der Waals surface area contributed by atoms with Crippen molar-refractivity contribution in [2.45, 2.75) is 11.3 Å². The van der Waals surface area contributed by atoms with Crippen LogP contribution in [0.1, 0.15) is 27.1 Å². The number of carbonyl (C=O) groups excluding carboxylic acids is 2. The van der Waals surface area contributed by atoms with Crippen molar-refractivity contribution in [2.24, 2.45) is 5.73 Å². The Hall–Kier alpha value is -1.61. The molecule has 1 unspecified atom stereocenters. The largest absolute Gasteiger partial charge is 0.306 e. The summed E-state index contributed by atoms with van der Waals surface area (Å²) in [6.45, 7) is 0. The van der Waals surface area contributed by atoms with Gasteiger partial charge in [0.15, 0.2) is 16.4 Å². The summed E-state index contributed by atoms with van der Waals surface area (Å²) in [5.74, 6) is -1.18. The molecular formula is C14H10BrNO5S. The fourth-order valence-corrected chi connectivity index (χ4v) is 3.97. The first kappa shape index (κ1) is 15.3. The molecule has 0 saturated carbocycles. The predicted octanol–water partition coefficient (Wildman–Crippen LogP) is 1.59. The maximum Gasteiger partial charge on any atom is 0.288 e. The molecule has 0 spiro atoms. The lowest BCUT2D eigenvalue weighted by atomic mass is 9.78. The van der Waals surface area contributed by atoms with Crippen LogP contribution in [0.2, 0.25) is 0 Å². The summed E-state index contributed by atoms with van der Waals surface area (Å²) in [6, 6.07) is 6.08. The SMILES string of the molecule is NC1(S(=O)(=O)O)CC=C(Br)C2=C1C(=O)c1ccccc1C2=O. The highest BCUT2D eigenvalue weighted by Crippen LogP contribution is 2.43. The van der Waals surface area contributed by atoms with Crippen LogP contribution < -0.4 is 5.73 Å². The number of fused-ring (bicyclic) bond motifs is 1. The number of rotatable bonds is 1. The van der Waals surface area contributed by atoms with E-state index in [9.17, 15) is 22.6 Å². The Bertz CT molecular complexity index is 900. The Morgan fingerprint density at radius 2 is 1.68 bits per heavy atom. The van der Waals surface area contributed by atoms with E-state index in [0.29, 0.717) is 4.48 Å². The van der Waals surface area contributed by atoms with E-state index in [1.165, 1.54) is 18.2 Å². The summed E-state index contributed by atoms with van der Waals surface area (Å²) in [7, 11) is -4.80. The van der Waals surface area contributed by atoms with Crippen LogP contribution >= 0.6 is 15.9 Å². The fraction of sp³-hybridized carbons (Fsp3) is 0.143. The minimum absolute atomic E-state index is 0.0759. The van der Waals surface area contributed by atoms with Crippen LogP contribution in [0.15, 0.2) is 46.0 Å². The van der Waals surface area contributed by atoms with Gasteiger partial charge in [-0.05, 0) is 0 Å². The topological polar surface area (TPSA) is 115 Å². The van der Waals surface area contributed by atoms with E-state index < -0.39 is 32.1 Å². The maximum absolute atomic E-state index is 12.7. The normalized spacial score (nSPS) is 24.8. The first-order valence-corrected chi connectivity index (χ1v) is 8.47. The predicted molar refractivity (Wildman–Crippen MR) is 82.2 cm³/mol. The Kier molecular flexibility index (Phi) is 3.26. The van der Waals surface area contributed by atoms with E-state index in [-0.39, 0.29) is 23.1 Å². The second-order valence-electron chi connectivity index (χ2n) is 5.07. The lowest BCUT2D eigenvalue weighted by Crippen LogP contribution is -2.54. The molecule has 0 radical (unpaired) electrons. The molecule has 1 aromatic carbocycles. The summed E-state index contributed by atoms with van der Waals surface area (Å²) in [5.41, 5.74) is 5.57. The van der Waals surface area contributed by atoms with E-state index in [2.05, 4.69) is 15.9 Å². The molecule has 0 saturated heterocycles. The third-order valence-corrected chi connectivity index (χ3v) is 5.84. The Labute approximate surface area is 134 Å². The molecule has 0 aliphatic heterocycles. The van der Waals surface area contributed by atoms with Gasteiger partial charge in [0, 0.05) is 27.6 Å². The highest BCUT2D eigenvalue weighted by atomic mass is 79.9. The summed E-state index contributed by atoms with van der Waals surface area (Å²) < 4.78 is 33.2. The summed E-state index contributed by atoms with van der Waals surface area (Å²) in [4.78, 5) is 23.0. The molecule has 0 heterocycles. The highest BCUT2D eigenvalue weighted by Gasteiger charge is 2.52. The Morgan fingerprint density at radius 3 is 2.23 bits per heavy atom. The van der Waals surface area contributed by atoms with Crippen molar-refractivity contribution in [3.63, 3.8) is 0 Å². The van der Waals surface area contributed by atoms with Gasteiger partial charge in [-0.3, -0.25) is 14.1 Å². The van der Waals surface area contributed by atoms with Gasteiger partial charge >= 0.3 is 0 Å². The maximum atomic E-state index is 12.7. The van der Waals surface area contributed by atoms with E-state index >= 15 is 0 Å². The second kappa shape index (κ2) is 4.69. The van der Waals surface area contributed by atoms with Crippen LogP contribution in [-0.4, -0.2) is 29.4 Å². The standard InChI is InChI=1S/C14H10BrNO5S/c15-9-5-6-14(16,22(19,20)21)11-10(9)12(17)7-3-1-2-4-8(7)13(11)18/h1-5H,6,16H2,(H,19,20,21). The number of carbonyl (C=O) groups is 2. The fourth-order valence-electron chi connectivity index (χ4n) is 2.69. The molecule has 1 atom stereocenters. The van der Waals surface area contributed by atoms with Gasteiger partial charge in [-0.2, -0.15) is 8.42 Å². The molecule has 3 N–H and O–H groups in total. The number of allylic oxidation sites excluding steroid dienone is 2. The Balaban J connectivity index is 2.39. The molecule has 3 rings (SSSR count). The third kappa shape index (κ3) is 1.88. The highest BCUT2D eigenvalue weighted by molar-refractivity contribution is 9.12. The van der Waals surface area contributed by atoms with Crippen LogP contribution in [0.25, 0.3) is 0 Å². The van der Waals surface area contributed by atoms with Gasteiger partial charge in [0.2, 0.25) is 0 Å². The number of Topliss-reactive ketones (excluding diaryl/α,β-unsaturated/α-hetero) is 2. The summed E-state index contributed by atoms with van der Waals surface area (Å²) in [6.07, 6.45) is 1.05. The number of ketones is 2. The molecule has 0 fully saturated rings. The second-order valence-corrected chi connectivity index (χ2v) is 7.61. The summed E-state index contributed by atoms with van der Waals surface area (Å²) in [5, 5.41) is 0. The molecule has 114 valence electrons. The third-order valence-electron chi connectivity index (χ3n) is 3.83. The van der Waals surface area contributed by atoms with E-state index in [1.54, 1.807) is 12.1 Å². The van der Waals surface area contributed by atoms with Crippen LogP contribution in [0, 0.1) is 0 Å². The van der Waals surface area contributed by atoms with Crippen LogP contribution in [0.3, 0.4) is 0 Å². The molecular weight excluding hydrogens is 374 g/mol. The number of benzene rings is 1. The zero-order valence-electron chi connectivity index (χ0n) is 11.0. The van der Waals surface area contributed by atoms with Crippen LogP contribution in [0.4, 0.5) is 0 Å². The zero-order chi connectivity index (χ0) is 16.3. The molecule has 8 heteroatoms. The van der Waals surface area contributed by atoms with Gasteiger partial charge in [0.25, 0.3) is 10.1 Å². The lowest BCUT2D eigenvalue weighted by Gasteiger charge is -2.34. The van der Waals surface area contributed by atoms with Gasteiger partial charge in [-0.25, -0.2) is 0 Å². The van der Waals surface area contributed by atoms with Gasteiger partial charge in [0.05, 0.1) is 5.57 Å². The number of hydrogen-bond acceptors (Lipinski definition) is 5. The van der Waals surface area contributed by atoms with Crippen molar-refractivity contribution in [3.05, 3.63) is 57.1 Å². The summed E-state index contributed by atoms with van der Waals surface area (Å²) >= 11 is 3.17. The average Bonchev–Trinajstić information content (AvgIpc) is 2.46. The van der Waals surface area contributed by atoms with Crippen LogP contribution in [-0.2, 0) is 10.1 Å². The van der Waals surface area contributed by atoms with Crippen molar-refractivity contribution >= 4 is 37.6 Å². The zero-order valence-corrected chi connectivity index (χ0v) is 13.4. The van der Waals surface area contributed by atoms with Gasteiger partial charge in [0.1, 0.15) is 0 Å². The van der Waals surface area contributed by atoms with E-state index in [0.717, 1.165) is 0 Å². The molecule has 2 aliphatic carbocycles. The number of hydrogen-bond donors (Lipinski definition) is 2. The Morgan fingerprint density at radius 1 is 1.14 bits per heavy atom. The monoisotopic (exact) mass is 383 g/mol. The van der Waals surface area contributed by atoms with Crippen molar-refractivity contribution < 1.29 is 22.6 Å². The van der Waals surface area contributed by atoms with E-state index in [4.69, 9.17) is 5.73 Å². The van der Waals surface area contributed by atoms with Gasteiger partial charge in [-0.15, -0.1) is 0 Å².